The zero-order chi connectivity index (χ0) is 20.1. The molecule has 0 radical (unpaired) electrons. The van der Waals surface area contributed by atoms with Crippen molar-refractivity contribution in [2.75, 3.05) is 11.9 Å². The molecule has 2 aromatic rings. The van der Waals surface area contributed by atoms with E-state index in [4.69, 9.17) is 4.74 Å². The number of hydrogen-bond acceptors (Lipinski definition) is 4. The van der Waals surface area contributed by atoms with Gasteiger partial charge in [0.05, 0.1) is 18.1 Å². The minimum atomic E-state index is -0.389. The summed E-state index contributed by atoms with van der Waals surface area (Å²) in [6, 6.07) is 8.20. The Kier molecular flexibility index (Phi) is 7.19. The number of benzene rings is 1. The zero-order valence-electron chi connectivity index (χ0n) is 17.0. The molecule has 0 aliphatic heterocycles. The minimum absolute atomic E-state index is 0.126. The number of hydrogen-bond donors (Lipinski definition) is 1. The Morgan fingerprint density at radius 2 is 1.74 bits per heavy atom. The summed E-state index contributed by atoms with van der Waals surface area (Å²) < 4.78 is 5.15. The van der Waals surface area contributed by atoms with E-state index in [1.807, 2.05) is 32.9 Å². The molecule has 0 aliphatic rings. The lowest BCUT2D eigenvalue weighted by Crippen LogP contribution is -2.20. The van der Waals surface area contributed by atoms with Gasteiger partial charge in [-0.1, -0.05) is 38.1 Å². The first kappa shape index (κ1) is 21.2. The van der Waals surface area contributed by atoms with Crippen LogP contribution in [0.5, 0.6) is 0 Å². The van der Waals surface area contributed by atoms with Crippen molar-refractivity contribution in [3.05, 3.63) is 51.4 Å². The van der Waals surface area contributed by atoms with E-state index in [0.29, 0.717) is 23.1 Å². The molecule has 0 fully saturated rings. The Bertz CT molecular complexity index is 806. The van der Waals surface area contributed by atoms with Crippen molar-refractivity contribution in [3.63, 3.8) is 0 Å². The lowest BCUT2D eigenvalue weighted by Gasteiger charge is -2.14. The van der Waals surface area contributed by atoms with Crippen LogP contribution in [0, 0.1) is 19.8 Å². The van der Waals surface area contributed by atoms with Gasteiger partial charge in [-0.3, -0.25) is 4.79 Å². The maximum Gasteiger partial charge on any atom is 0.341 e. The van der Waals surface area contributed by atoms with E-state index in [-0.39, 0.29) is 17.8 Å². The monoisotopic (exact) mass is 387 g/mol. The second-order valence-corrected chi connectivity index (χ2v) is 8.48. The molecule has 0 aliphatic carbocycles. The fourth-order valence-electron chi connectivity index (χ4n) is 2.95. The molecule has 4 nitrogen and oxygen atoms in total. The minimum Gasteiger partial charge on any atom is -0.462 e. The van der Waals surface area contributed by atoms with E-state index in [1.165, 1.54) is 16.9 Å². The van der Waals surface area contributed by atoms with Gasteiger partial charge in [0.1, 0.15) is 5.00 Å². The molecule has 2 rings (SSSR count). The Morgan fingerprint density at radius 3 is 2.30 bits per heavy atom. The van der Waals surface area contributed by atoms with Gasteiger partial charge in [0.25, 0.3) is 0 Å². The maximum atomic E-state index is 12.8. The average Bonchev–Trinajstić information content (AvgIpc) is 2.88. The molecule has 146 valence electrons. The lowest BCUT2D eigenvalue weighted by molar-refractivity contribution is -0.117. The van der Waals surface area contributed by atoms with E-state index in [2.05, 4.69) is 31.3 Å². The topological polar surface area (TPSA) is 55.4 Å². The fraction of sp³-hybridized carbons (Fsp3) is 0.455. The Labute approximate surface area is 165 Å². The van der Waals surface area contributed by atoms with E-state index < -0.39 is 0 Å². The molecule has 27 heavy (non-hydrogen) atoms. The highest BCUT2D eigenvalue weighted by molar-refractivity contribution is 7.16. The number of rotatable bonds is 7. The highest BCUT2D eigenvalue weighted by Crippen LogP contribution is 2.34. The molecule has 1 atom stereocenters. The SMILES string of the molecule is CCOC(=O)c1c(NC(=O)C(C)c2ccc(CC(C)C)cc2)sc(C)c1C. The first-order chi connectivity index (χ1) is 12.7. The summed E-state index contributed by atoms with van der Waals surface area (Å²) >= 11 is 1.41. The standard InChI is InChI=1S/C22H29NO3S/c1-7-26-22(25)19-14(4)16(6)27-21(19)23-20(24)15(5)18-10-8-17(9-11-18)12-13(2)3/h8-11,13,15H,7,12H2,1-6H3,(H,23,24). The third-order valence-electron chi connectivity index (χ3n) is 4.62. The van der Waals surface area contributed by atoms with E-state index in [9.17, 15) is 9.59 Å². The van der Waals surface area contributed by atoms with Crippen molar-refractivity contribution in [2.24, 2.45) is 5.92 Å². The van der Waals surface area contributed by atoms with Crippen LogP contribution in [-0.4, -0.2) is 18.5 Å². The molecule has 0 bridgehead atoms. The summed E-state index contributed by atoms with van der Waals surface area (Å²) in [5, 5.41) is 3.50. The van der Waals surface area contributed by atoms with Gasteiger partial charge in [0.15, 0.2) is 0 Å². The maximum absolute atomic E-state index is 12.8. The molecule has 0 saturated carbocycles. The van der Waals surface area contributed by atoms with Crippen molar-refractivity contribution in [1.29, 1.82) is 0 Å². The predicted octanol–water partition coefficient (Wildman–Crippen LogP) is 5.48. The van der Waals surface area contributed by atoms with Crippen LogP contribution in [0.3, 0.4) is 0 Å². The third kappa shape index (κ3) is 5.19. The van der Waals surface area contributed by atoms with Crippen LogP contribution in [-0.2, 0) is 16.0 Å². The smallest absolute Gasteiger partial charge is 0.341 e. The van der Waals surface area contributed by atoms with Gasteiger partial charge in [0, 0.05) is 4.88 Å². The zero-order valence-corrected chi connectivity index (χ0v) is 17.8. The second kappa shape index (κ2) is 9.18. The van der Waals surface area contributed by atoms with Crippen LogP contribution < -0.4 is 5.32 Å². The Morgan fingerprint density at radius 1 is 1.11 bits per heavy atom. The molecule has 0 spiro atoms. The quantitative estimate of drug-likeness (QED) is 0.640. The van der Waals surface area contributed by atoms with Crippen LogP contribution in [0.1, 0.15) is 65.5 Å². The van der Waals surface area contributed by atoms with Crippen molar-refractivity contribution in [1.82, 2.24) is 0 Å². The number of thiophene rings is 1. The summed E-state index contributed by atoms with van der Waals surface area (Å²) in [7, 11) is 0. The summed E-state index contributed by atoms with van der Waals surface area (Å²) in [6.07, 6.45) is 1.03. The van der Waals surface area contributed by atoms with Gasteiger partial charge in [-0.05, 0) is 56.7 Å². The van der Waals surface area contributed by atoms with Crippen LogP contribution in [0.15, 0.2) is 24.3 Å². The number of ether oxygens (including phenoxy) is 1. The molecule has 1 amide bonds. The normalized spacial score (nSPS) is 12.1. The number of anilines is 1. The number of aryl methyl sites for hydroxylation is 1. The molecule has 1 N–H and O–H groups in total. The van der Waals surface area contributed by atoms with E-state index >= 15 is 0 Å². The van der Waals surface area contributed by atoms with Crippen LogP contribution >= 0.6 is 11.3 Å². The largest absolute Gasteiger partial charge is 0.462 e. The summed E-state index contributed by atoms with van der Waals surface area (Å²) in [6.45, 7) is 12.2. The molecular formula is C22H29NO3S. The molecule has 0 saturated heterocycles. The average molecular weight is 388 g/mol. The number of nitrogens with one attached hydrogen (secondary N) is 1. The van der Waals surface area contributed by atoms with Crippen molar-refractivity contribution >= 4 is 28.2 Å². The van der Waals surface area contributed by atoms with Crippen LogP contribution in [0.2, 0.25) is 0 Å². The molecular weight excluding hydrogens is 358 g/mol. The lowest BCUT2D eigenvalue weighted by atomic mass is 9.96. The molecule has 1 heterocycles. The third-order valence-corrected chi connectivity index (χ3v) is 5.74. The number of carbonyl (C=O) groups excluding carboxylic acids is 2. The van der Waals surface area contributed by atoms with Gasteiger partial charge < -0.3 is 10.1 Å². The molecule has 1 aromatic heterocycles. The van der Waals surface area contributed by atoms with E-state index in [0.717, 1.165) is 22.4 Å². The van der Waals surface area contributed by atoms with Crippen molar-refractivity contribution in [3.8, 4) is 0 Å². The summed E-state index contributed by atoms with van der Waals surface area (Å²) in [4.78, 5) is 26.1. The van der Waals surface area contributed by atoms with Crippen LogP contribution in [0.4, 0.5) is 5.00 Å². The highest BCUT2D eigenvalue weighted by Gasteiger charge is 2.24. The van der Waals surface area contributed by atoms with E-state index in [1.54, 1.807) is 6.92 Å². The van der Waals surface area contributed by atoms with Gasteiger partial charge in [-0.15, -0.1) is 11.3 Å². The Balaban J connectivity index is 2.17. The molecule has 5 heteroatoms. The Hall–Kier alpha value is -2.14. The van der Waals surface area contributed by atoms with Gasteiger partial charge in [-0.2, -0.15) is 0 Å². The molecule has 1 unspecified atom stereocenters. The highest BCUT2D eigenvalue weighted by atomic mass is 32.1. The fourth-order valence-corrected chi connectivity index (χ4v) is 4.00. The number of amides is 1. The van der Waals surface area contributed by atoms with Crippen LogP contribution in [0.25, 0.3) is 0 Å². The number of carbonyl (C=O) groups is 2. The molecule has 1 aromatic carbocycles. The number of esters is 1. The van der Waals surface area contributed by atoms with Gasteiger partial charge >= 0.3 is 5.97 Å². The van der Waals surface area contributed by atoms with Gasteiger partial charge in [-0.25, -0.2) is 4.79 Å². The van der Waals surface area contributed by atoms with Crippen molar-refractivity contribution in [2.45, 2.75) is 53.9 Å². The second-order valence-electron chi connectivity index (χ2n) is 7.26. The summed E-state index contributed by atoms with van der Waals surface area (Å²) in [5.74, 6) is -0.224. The van der Waals surface area contributed by atoms with Crippen molar-refractivity contribution < 1.29 is 14.3 Å². The summed E-state index contributed by atoms with van der Waals surface area (Å²) in [5.41, 5.74) is 3.56. The first-order valence-corrected chi connectivity index (χ1v) is 10.2. The first-order valence-electron chi connectivity index (χ1n) is 9.41. The predicted molar refractivity (Wildman–Crippen MR) is 112 cm³/mol. The van der Waals surface area contributed by atoms with Gasteiger partial charge in [0.2, 0.25) is 5.91 Å².